The molecular formula is C17H13Cl3F2N2O3. The van der Waals surface area contributed by atoms with Gasteiger partial charge in [0.2, 0.25) is 10.7 Å². The second-order valence-electron chi connectivity index (χ2n) is 4.99. The zero-order valence-corrected chi connectivity index (χ0v) is 16.0. The molecule has 0 saturated heterocycles. The van der Waals surface area contributed by atoms with E-state index in [0.717, 1.165) is 0 Å². The summed E-state index contributed by atoms with van der Waals surface area (Å²) in [5, 5.41) is 2.66. The highest BCUT2D eigenvalue weighted by molar-refractivity contribution is 6.44. The first-order valence-corrected chi connectivity index (χ1v) is 8.62. The van der Waals surface area contributed by atoms with Crippen molar-refractivity contribution in [2.24, 2.45) is 4.99 Å². The van der Waals surface area contributed by atoms with Crippen LogP contribution in [0.2, 0.25) is 5.02 Å². The Hall–Kier alpha value is -2.09. The van der Waals surface area contributed by atoms with Crippen LogP contribution in [-0.2, 0) is 4.74 Å². The number of aliphatic imine (C=N–C) groups is 1. The van der Waals surface area contributed by atoms with Gasteiger partial charge in [-0.2, -0.15) is 13.8 Å². The minimum Gasteiger partial charge on any atom is -0.480 e. The van der Waals surface area contributed by atoms with Gasteiger partial charge in [0.15, 0.2) is 0 Å². The topological polar surface area (TPSA) is 59.9 Å². The van der Waals surface area contributed by atoms with E-state index in [1.165, 1.54) is 31.4 Å². The summed E-state index contributed by atoms with van der Waals surface area (Å²) >= 11 is 16.4. The van der Waals surface area contributed by atoms with Crippen LogP contribution >= 0.6 is 34.8 Å². The summed E-state index contributed by atoms with van der Waals surface area (Å²) in [7, 11) is 1.31. The number of hydrogen-bond acceptors (Lipinski definition) is 3. The van der Waals surface area contributed by atoms with Gasteiger partial charge in [0.25, 0.3) is 0 Å². The number of nitrogens with one attached hydrogen (secondary N) is 1. The smallest absolute Gasteiger partial charge is 0.428 e. The summed E-state index contributed by atoms with van der Waals surface area (Å²) in [5.41, 5.74) is 0.328. The van der Waals surface area contributed by atoms with Crippen molar-refractivity contribution in [1.29, 1.82) is 0 Å². The summed E-state index contributed by atoms with van der Waals surface area (Å²) in [6.07, 6.45) is -3.86. The molecular weight excluding hydrogens is 425 g/mol. The maximum Gasteiger partial charge on any atom is 0.428 e. The molecule has 2 amide bonds. The molecule has 0 saturated carbocycles. The SMILES string of the molecule is COC(=NC(=O)Nc1ccccc1OC(F)(F)C(Cl)Cl)c1ccccc1Cl. The normalized spacial score (nSPS) is 12.0. The van der Waals surface area contributed by atoms with Crippen LogP contribution in [0.15, 0.2) is 53.5 Å². The summed E-state index contributed by atoms with van der Waals surface area (Å²) in [4.78, 5) is 13.9. The standard InChI is InChI=1S/C17H13Cl3F2N2O3/c1-26-14(10-6-2-3-7-11(10)18)24-16(25)23-12-8-4-5-9-13(12)27-17(21,22)15(19)20/h2-9,15H,1H3,(H,23,25). The molecule has 2 rings (SSSR count). The molecule has 144 valence electrons. The number of benzene rings is 2. The maximum atomic E-state index is 13.6. The number of ether oxygens (including phenoxy) is 2. The van der Waals surface area contributed by atoms with Crippen LogP contribution in [0.25, 0.3) is 0 Å². The number of halogens is 5. The largest absolute Gasteiger partial charge is 0.480 e. The van der Waals surface area contributed by atoms with Gasteiger partial charge in [0.05, 0.1) is 23.4 Å². The van der Waals surface area contributed by atoms with Crippen molar-refractivity contribution in [2.75, 3.05) is 12.4 Å². The molecule has 0 aromatic heterocycles. The van der Waals surface area contributed by atoms with E-state index < -0.39 is 17.0 Å². The molecule has 10 heteroatoms. The zero-order valence-electron chi connectivity index (χ0n) is 13.8. The molecule has 0 unspecified atom stereocenters. The molecule has 2 aromatic carbocycles. The Morgan fingerprint density at radius 1 is 1.15 bits per heavy atom. The fourth-order valence-corrected chi connectivity index (χ4v) is 2.24. The molecule has 0 atom stereocenters. The zero-order chi connectivity index (χ0) is 20.0. The Kier molecular flexibility index (Phi) is 7.24. The van der Waals surface area contributed by atoms with Crippen molar-refractivity contribution in [1.82, 2.24) is 0 Å². The molecule has 0 spiro atoms. The monoisotopic (exact) mass is 436 g/mol. The number of carbonyl (C=O) groups excluding carboxylic acids is 1. The van der Waals surface area contributed by atoms with Crippen LogP contribution in [0.1, 0.15) is 5.56 Å². The van der Waals surface area contributed by atoms with Crippen molar-refractivity contribution < 1.29 is 23.0 Å². The van der Waals surface area contributed by atoms with E-state index in [-0.39, 0.29) is 17.3 Å². The van der Waals surface area contributed by atoms with E-state index in [9.17, 15) is 13.6 Å². The number of carbonyl (C=O) groups is 1. The van der Waals surface area contributed by atoms with Gasteiger partial charge in [-0.15, -0.1) is 0 Å². The van der Waals surface area contributed by atoms with E-state index in [2.05, 4.69) is 15.0 Å². The van der Waals surface area contributed by atoms with Crippen molar-refractivity contribution in [3.05, 3.63) is 59.1 Å². The molecule has 1 N–H and O–H groups in total. The molecule has 5 nitrogen and oxygen atoms in total. The number of hydrogen-bond donors (Lipinski definition) is 1. The molecule has 0 heterocycles. The lowest BCUT2D eigenvalue weighted by Crippen LogP contribution is -2.32. The van der Waals surface area contributed by atoms with Gasteiger partial charge in [0, 0.05) is 0 Å². The summed E-state index contributed by atoms with van der Waals surface area (Å²) in [6, 6.07) is 11.2. The number of para-hydroxylation sites is 2. The lowest BCUT2D eigenvalue weighted by atomic mass is 10.2. The molecule has 27 heavy (non-hydrogen) atoms. The van der Waals surface area contributed by atoms with Crippen molar-refractivity contribution in [3.8, 4) is 5.75 Å². The third kappa shape index (κ3) is 5.69. The Bertz CT molecular complexity index is 848. The average molecular weight is 438 g/mol. The Morgan fingerprint density at radius 3 is 2.41 bits per heavy atom. The second kappa shape index (κ2) is 9.21. The van der Waals surface area contributed by atoms with Gasteiger partial charge < -0.3 is 14.8 Å². The van der Waals surface area contributed by atoms with Gasteiger partial charge in [-0.05, 0) is 24.3 Å². The number of rotatable bonds is 5. The van der Waals surface area contributed by atoms with Crippen LogP contribution in [0.5, 0.6) is 5.75 Å². The second-order valence-corrected chi connectivity index (χ2v) is 6.50. The number of urea groups is 1. The lowest BCUT2D eigenvalue weighted by Gasteiger charge is -2.20. The third-order valence-corrected chi connectivity index (χ3v) is 3.97. The minimum atomic E-state index is -3.86. The van der Waals surface area contributed by atoms with Gasteiger partial charge >= 0.3 is 12.1 Å². The van der Waals surface area contributed by atoms with Crippen molar-refractivity contribution >= 4 is 52.4 Å². The maximum absolute atomic E-state index is 13.6. The predicted octanol–water partition coefficient (Wildman–Crippen LogP) is 5.74. The minimum absolute atomic E-state index is 0.0524. The molecule has 2 aromatic rings. The molecule has 0 radical (unpaired) electrons. The first kappa shape index (κ1) is 21.2. The number of methoxy groups -OCH3 is 1. The highest BCUT2D eigenvalue weighted by Gasteiger charge is 2.40. The van der Waals surface area contributed by atoms with Gasteiger partial charge in [0.1, 0.15) is 5.75 Å². The van der Waals surface area contributed by atoms with Gasteiger partial charge in [-0.3, -0.25) is 0 Å². The summed E-state index contributed by atoms with van der Waals surface area (Å²) in [6.45, 7) is 0. The van der Waals surface area contributed by atoms with Gasteiger partial charge in [-0.25, -0.2) is 4.79 Å². The van der Waals surface area contributed by atoms with Crippen LogP contribution in [0.3, 0.4) is 0 Å². The number of amides is 2. The summed E-state index contributed by atoms with van der Waals surface area (Å²) < 4.78 is 36.8. The number of anilines is 1. The number of nitrogens with zero attached hydrogens (tertiary/aromatic N) is 1. The van der Waals surface area contributed by atoms with Crippen LogP contribution in [0.4, 0.5) is 19.3 Å². The highest BCUT2D eigenvalue weighted by Crippen LogP contribution is 2.34. The van der Waals surface area contributed by atoms with Crippen LogP contribution < -0.4 is 10.1 Å². The molecule has 0 aliphatic heterocycles. The van der Waals surface area contributed by atoms with Crippen molar-refractivity contribution in [3.63, 3.8) is 0 Å². The molecule has 0 aliphatic carbocycles. The predicted molar refractivity (Wildman–Crippen MR) is 102 cm³/mol. The summed E-state index contributed by atoms with van der Waals surface area (Å²) in [5.74, 6) is -0.391. The van der Waals surface area contributed by atoms with E-state index in [4.69, 9.17) is 39.5 Å². The molecule has 0 aliphatic rings. The third-order valence-electron chi connectivity index (χ3n) is 3.13. The first-order valence-electron chi connectivity index (χ1n) is 7.37. The van der Waals surface area contributed by atoms with E-state index in [0.29, 0.717) is 10.6 Å². The molecule has 0 bridgehead atoms. The fourth-order valence-electron chi connectivity index (χ4n) is 1.94. The molecule has 0 fully saturated rings. The Balaban J connectivity index is 2.24. The Morgan fingerprint density at radius 2 is 1.78 bits per heavy atom. The van der Waals surface area contributed by atoms with Crippen molar-refractivity contribution in [2.45, 2.75) is 10.9 Å². The fraction of sp³-hybridized carbons (Fsp3) is 0.176. The average Bonchev–Trinajstić information content (AvgIpc) is 2.61. The number of alkyl halides is 4. The van der Waals surface area contributed by atoms with Crippen LogP contribution in [0, 0.1) is 0 Å². The lowest BCUT2D eigenvalue weighted by molar-refractivity contribution is -0.163. The van der Waals surface area contributed by atoms with Gasteiger partial charge in [-0.1, -0.05) is 59.1 Å². The van der Waals surface area contributed by atoms with Crippen LogP contribution in [-0.4, -0.2) is 30.0 Å². The van der Waals surface area contributed by atoms with E-state index in [1.54, 1.807) is 24.3 Å². The van der Waals surface area contributed by atoms with E-state index in [1.807, 2.05) is 0 Å². The first-order chi connectivity index (χ1) is 12.7. The Labute approximate surface area is 168 Å². The quantitative estimate of drug-likeness (QED) is 0.368. The van der Waals surface area contributed by atoms with E-state index >= 15 is 0 Å². The highest BCUT2D eigenvalue weighted by atomic mass is 35.5.